The Hall–Kier alpha value is -1.39. The lowest BCUT2D eigenvalue weighted by atomic mass is 10.0. The van der Waals surface area contributed by atoms with E-state index in [1.54, 1.807) is 7.11 Å². The van der Waals surface area contributed by atoms with Crippen molar-refractivity contribution in [1.29, 1.82) is 0 Å². The first-order valence-corrected chi connectivity index (χ1v) is 6.73. The van der Waals surface area contributed by atoms with Crippen LogP contribution in [0.1, 0.15) is 31.7 Å². The van der Waals surface area contributed by atoms with E-state index in [0.717, 1.165) is 24.2 Å². The van der Waals surface area contributed by atoms with Gasteiger partial charge in [-0.2, -0.15) is 0 Å². The Morgan fingerprint density at radius 1 is 1.32 bits per heavy atom. The number of para-hydroxylation sites is 1. The van der Waals surface area contributed by atoms with E-state index >= 15 is 0 Å². The maximum Gasteiger partial charge on any atom is 0.238 e. The zero-order valence-corrected chi connectivity index (χ0v) is 12.0. The lowest BCUT2D eigenvalue weighted by molar-refractivity contribution is -0.115. The van der Waals surface area contributed by atoms with Crippen LogP contribution in [0.5, 0.6) is 0 Å². The molecular weight excluding hydrogens is 240 g/mol. The second-order valence-corrected chi connectivity index (χ2v) is 4.81. The van der Waals surface area contributed by atoms with Crippen molar-refractivity contribution < 1.29 is 9.53 Å². The number of ether oxygens (including phenoxy) is 1. The van der Waals surface area contributed by atoms with E-state index in [1.165, 1.54) is 0 Å². The van der Waals surface area contributed by atoms with E-state index in [9.17, 15) is 4.79 Å². The van der Waals surface area contributed by atoms with E-state index in [2.05, 4.69) is 24.5 Å². The second kappa shape index (κ2) is 8.67. The average Bonchev–Trinajstić information content (AvgIpc) is 2.39. The largest absolute Gasteiger partial charge is 0.385 e. The molecule has 0 saturated carbocycles. The van der Waals surface area contributed by atoms with Crippen LogP contribution in [0.3, 0.4) is 0 Å². The summed E-state index contributed by atoms with van der Waals surface area (Å²) in [5.41, 5.74) is 2.07. The maximum atomic E-state index is 11.8. The topological polar surface area (TPSA) is 50.4 Å². The summed E-state index contributed by atoms with van der Waals surface area (Å²) in [7, 11) is 1.68. The highest BCUT2D eigenvalue weighted by Crippen LogP contribution is 2.23. The first-order chi connectivity index (χ1) is 9.15. The van der Waals surface area contributed by atoms with Crippen LogP contribution < -0.4 is 10.6 Å². The molecule has 0 spiro atoms. The Morgan fingerprint density at radius 3 is 2.74 bits per heavy atom. The first-order valence-electron chi connectivity index (χ1n) is 6.73. The third-order valence-electron chi connectivity index (χ3n) is 2.84. The van der Waals surface area contributed by atoms with Crippen molar-refractivity contribution in [3.8, 4) is 0 Å². The lowest BCUT2D eigenvalue weighted by Gasteiger charge is -2.13. The summed E-state index contributed by atoms with van der Waals surface area (Å²) >= 11 is 0. The zero-order valence-electron chi connectivity index (χ0n) is 12.0. The summed E-state index contributed by atoms with van der Waals surface area (Å²) < 4.78 is 4.95. The Labute approximate surface area is 115 Å². The molecule has 1 amide bonds. The molecule has 1 rings (SSSR count). The van der Waals surface area contributed by atoms with E-state index in [0.29, 0.717) is 19.1 Å². The number of hydrogen-bond donors (Lipinski definition) is 2. The molecule has 0 heterocycles. The number of benzene rings is 1. The van der Waals surface area contributed by atoms with Crippen LogP contribution in [-0.4, -0.2) is 32.7 Å². The maximum absolute atomic E-state index is 11.8. The highest BCUT2D eigenvalue weighted by atomic mass is 16.5. The molecule has 106 valence electrons. The monoisotopic (exact) mass is 264 g/mol. The molecule has 0 saturated heterocycles. The molecular formula is C15H24N2O2. The van der Waals surface area contributed by atoms with Crippen LogP contribution in [0, 0.1) is 0 Å². The van der Waals surface area contributed by atoms with Gasteiger partial charge in [0.25, 0.3) is 0 Å². The smallest absolute Gasteiger partial charge is 0.238 e. The summed E-state index contributed by atoms with van der Waals surface area (Å²) in [5, 5.41) is 6.05. The first kappa shape index (κ1) is 15.7. The normalized spacial score (nSPS) is 10.7. The van der Waals surface area contributed by atoms with Crippen molar-refractivity contribution in [3.63, 3.8) is 0 Å². The quantitative estimate of drug-likeness (QED) is 0.709. The van der Waals surface area contributed by atoms with E-state index < -0.39 is 0 Å². The highest BCUT2D eigenvalue weighted by Gasteiger charge is 2.08. The molecule has 0 unspecified atom stereocenters. The van der Waals surface area contributed by atoms with Crippen LogP contribution in [0.4, 0.5) is 5.69 Å². The van der Waals surface area contributed by atoms with Gasteiger partial charge in [-0.1, -0.05) is 32.0 Å². The highest BCUT2D eigenvalue weighted by molar-refractivity contribution is 5.93. The Kier molecular flexibility index (Phi) is 7.15. The summed E-state index contributed by atoms with van der Waals surface area (Å²) in [6.07, 6.45) is 0.909. The van der Waals surface area contributed by atoms with Crippen LogP contribution in [0.15, 0.2) is 24.3 Å². The predicted octanol–water partition coefficient (Wildman–Crippen LogP) is 2.37. The van der Waals surface area contributed by atoms with Gasteiger partial charge in [-0.25, -0.2) is 0 Å². The Balaban J connectivity index is 2.40. The third-order valence-corrected chi connectivity index (χ3v) is 2.84. The van der Waals surface area contributed by atoms with Gasteiger partial charge in [-0.05, 0) is 30.5 Å². The minimum Gasteiger partial charge on any atom is -0.385 e. The van der Waals surface area contributed by atoms with Crippen LogP contribution in [-0.2, 0) is 9.53 Å². The van der Waals surface area contributed by atoms with Crippen molar-refractivity contribution in [2.45, 2.75) is 26.2 Å². The van der Waals surface area contributed by atoms with Gasteiger partial charge in [-0.15, -0.1) is 0 Å². The minimum absolute atomic E-state index is 0.00878. The summed E-state index contributed by atoms with van der Waals surface area (Å²) in [6.45, 7) is 6.07. The Morgan fingerprint density at radius 2 is 2.05 bits per heavy atom. The molecule has 0 bridgehead atoms. The fourth-order valence-corrected chi connectivity index (χ4v) is 1.85. The van der Waals surface area contributed by atoms with E-state index in [4.69, 9.17) is 4.74 Å². The molecule has 4 nitrogen and oxygen atoms in total. The van der Waals surface area contributed by atoms with Crippen LogP contribution >= 0.6 is 0 Å². The third kappa shape index (κ3) is 5.85. The SMILES string of the molecule is COCCCNCC(=O)Nc1ccccc1C(C)C. The molecule has 1 aromatic rings. The Bertz CT molecular complexity index is 391. The molecule has 0 fully saturated rings. The number of nitrogens with one attached hydrogen (secondary N) is 2. The molecule has 2 N–H and O–H groups in total. The zero-order chi connectivity index (χ0) is 14.1. The van der Waals surface area contributed by atoms with Gasteiger partial charge >= 0.3 is 0 Å². The second-order valence-electron chi connectivity index (χ2n) is 4.81. The predicted molar refractivity (Wildman–Crippen MR) is 78.5 cm³/mol. The van der Waals surface area contributed by atoms with Gasteiger partial charge in [0.05, 0.1) is 6.54 Å². The molecule has 1 aromatic carbocycles. The van der Waals surface area contributed by atoms with Crippen molar-refractivity contribution in [2.75, 3.05) is 32.1 Å². The number of rotatable bonds is 8. The van der Waals surface area contributed by atoms with Crippen molar-refractivity contribution in [2.24, 2.45) is 0 Å². The molecule has 0 aliphatic rings. The van der Waals surface area contributed by atoms with Gasteiger partial charge in [0.1, 0.15) is 0 Å². The van der Waals surface area contributed by atoms with Crippen molar-refractivity contribution in [1.82, 2.24) is 5.32 Å². The van der Waals surface area contributed by atoms with Gasteiger partial charge in [0.2, 0.25) is 5.91 Å². The number of carbonyl (C=O) groups excluding carboxylic acids is 1. The fraction of sp³-hybridized carbons (Fsp3) is 0.533. The fourth-order valence-electron chi connectivity index (χ4n) is 1.85. The van der Waals surface area contributed by atoms with Crippen molar-refractivity contribution >= 4 is 11.6 Å². The van der Waals surface area contributed by atoms with Gasteiger partial charge < -0.3 is 15.4 Å². The van der Waals surface area contributed by atoms with E-state index in [-0.39, 0.29) is 5.91 Å². The van der Waals surface area contributed by atoms with Crippen molar-refractivity contribution in [3.05, 3.63) is 29.8 Å². The summed E-state index contributed by atoms with van der Waals surface area (Å²) in [6, 6.07) is 7.92. The number of hydrogen-bond acceptors (Lipinski definition) is 3. The molecule has 0 radical (unpaired) electrons. The molecule has 0 aliphatic carbocycles. The van der Waals surface area contributed by atoms with Crippen LogP contribution in [0.25, 0.3) is 0 Å². The number of methoxy groups -OCH3 is 1. The summed E-state index contributed by atoms with van der Waals surface area (Å²) in [5.74, 6) is 0.386. The minimum atomic E-state index is -0.00878. The number of amides is 1. The lowest BCUT2D eigenvalue weighted by Crippen LogP contribution is -2.29. The van der Waals surface area contributed by atoms with E-state index in [1.807, 2.05) is 24.3 Å². The molecule has 4 heteroatoms. The van der Waals surface area contributed by atoms with Gasteiger partial charge in [0.15, 0.2) is 0 Å². The average molecular weight is 264 g/mol. The summed E-state index contributed by atoms with van der Waals surface area (Å²) in [4.78, 5) is 11.8. The molecule has 0 aliphatic heterocycles. The number of anilines is 1. The molecule has 0 aromatic heterocycles. The standard InChI is InChI=1S/C15H24N2O2/c1-12(2)13-7-4-5-8-14(13)17-15(18)11-16-9-6-10-19-3/h4-5,7-8,12,16H,6,9-11H2,1-3H3,(H,17,18). The van der Waals surface area contributed by atoms with Gasteiger partial charge in [0, 0.05) is 19.4 Å². The number of carbonyl (C=O) groups is 1. The van der Waals surface area contributed by atoms with Gasteiger partial charge in [-0.3, -0.25) is 4.79 Å². The van der Waals surface area contributed by atoms with Crippen LogP contribution in [0.2, 0.25) is 0 Å². The molecule has 19 heavy (non-hydrogen) atoms. The molecule has 0 atom stereocenters.